The number of amides is 1. The molecule has 1 atom stereocenters. The number of benzene rings is 1. The number of aryl methyl sites for hydroxylation is 1. The molecule has 0 aromatic heterocycles. The van der Waals surface area contributed by atoms with Gasteiger partial charge in [0, 0.05) is 5.69 Å². The Bertz CT molecular complexity index is 489. The third kappa shape index (κ3) is 4.06. The number of carbonyl (C=O) groups excluding carboxylic acids is 1. The van der Waals surface area contributed by atoms with Gasteiger partial charge < -0.3 is 10.8 Å². The Morgan fingerprint density at radius 2 is 1.75 bits per heavy atom. The van der Waals surface area contributed by atoms with Crippen LogP contribution in [0.5, 0.6) is 0 Å². The van der Waals surface area contributed by atoms with E-state index >= 15 is 0 Å². The van der Waals surface area contributed by atoms with Crippen molar-refractivity contribution in [3.63, 3.8) is 0 Å². The minimum absolute atomic E-state index is 0.385. The van der Waals surface area contributed by atoms with E-state index in [1.54, 1.807) is 12.1 Å². The van der Waals surface area contributed by atoms with Gasteiger partial charge in [-0.25, -0.2) is 0 Å². The number of hydrogen-bond donors (Lipinski definition) is 2. The Balaban J connectivity index is 3.09. The van der Waals surface area contributed by atoms with E-state index in [2.05, 4.69) is 0 Å². The minimum atomic E-state index is -1.07. The first kappa shape index (κ1) is 16.2. The van der Waals surface area contributed by atoms with E-state index < -0.39 is 24.0 Å². The summed E-state index contributed by atoms with van der Waals surface area (Å²) in [5, 5.41) is 9.00. The maximum Gasteiger partial charge on any atom is 0.323 e. The van der Waals surface area contributed by atoms with E-state index in [-0.39, 0.29) is 5.91 Å². The minimum Gasteiger partial charge on any atom is -0.480 e. The number of anilines is 1. The van der Waals surface area contributed by atoms with Crippen LogP contribution >= 0.6 is 0 Å². The van der Waals surface area contributed by atoms with Gasteiger partial charge in [-0.05, 0) is 24.5 Å². The molecule has 0 unspecified atom stereocenters. The fourth-order valence-corrected chi connectivity index (χ4v) is 1.69. The van der Waals surface area contributed by atoms with E-state index in [9.17, 15) is 9.59 Å². The zero-order chi connectivity index (χ0) is 15.5. The quantitative estimate of drug-likeness (QED) is 0.879. The first-order valence-electron chi connectivity index (χ1n) is 6.48. The molecule has 1 rings (SSSR count). The lowest BCUT2D eigenvalue weighted by Crippen LogP contribution is -2.51. The predicted octanol–water partition coefficient (Wildman–Crippen LogP) is 1.79. The maximum absolute atomic E-state index is 12.4. The summed E-state index contributed by atoms with van der Waals surface area (Å²) < 4.78 is 0. The van der Waals surface area contributed by atoms with Crippen molar-refractivity contribution in [2.75, 3.05) is 11.4 Å². The van der Waals surface area contributed by atoms with Crippen LogP contribution in [0.25, 0.3) is 0 Å². The molecular weight excluding hydrogens is 256 g/mol. The molecule has 0 heterocycles. The van der Waals surface area contributed by atoms with Crippen LogP contribution in [0.2, 0.25) is 0 Å². The van der Waals surface area contributed by atoms with Gasteiger partial charge in [-0.1, -0.05) is 38.5 Å². The molecule has 1 amide bonds. The predicted molar refractivity (Wildman–Crippen MR) is 78.6 cm³/mol. The fourth-order valence-electron chi connectivity index (χ4n) is 1.69. The normalized spacial score (nSPS) is 12.8. The van der Waals surface area contributed by atoms with Gasteiger partial charge in [0.15, 0.2) is 0 Å². The molecule has 1 aromatic rings. The molecule has 5 nitrogen and oxygen atoms in total. The lowest BCUT2D eigenvalue weighted by molar-refractivity contribution is -0.137. The number of hydrogen-bond acceptors (Lipinski definition) is 3. The summed E-state index contributed by atoms with van der Waals surface area (Å²) in [5.41, 5.74) is 7.10. The molecule has 1 aromatic carbocycles. The molecule has 0 saturated carbocycles. The van der Waals surface area contributed by atoms with Gasteiger partial charge in [-0.3, -0.25) is 14.5 Å². The second-order valence-corrected chi connectivity index (χ2v) is 6.00. The Kier molecular flexibility index (Phi) is 4.89. The lowest BCUT2D eigenvalue weighted by Gasteiger charge is -2.31. The number of aliphatic carboxylic acids is 1. The Labute approximate surface area is 119 Å². The summed E-state index contributed by atoms with van der Waals surface area (Å²) >= 11 is 0. The van der Waals surface area contributed by atoms with Gasteiger partial charge in [0.1, 0.15) is 6.54 Å². The smallest absolute Gasteiger partial charge is 0.323 e. The topological polar surface area (TPSA) is 83.6 Å². The highest BCUT2D eigenvalue weighted by atomic mass is 16.4. The Morgan fingerprint density at radius 1 is 1.25 bits per heavy atom. The molecule has 5 heteroatoms. The van der Waals surface area contributed by atoms with Crippen molar-refractivity contribution < 1.29 is 14.7 Å². The van der Waals surface area contributed by atoms with Crippen LogP contribution in [-0.2, 0) is 9.59 Å². The van der Waals surface area contributed by atoms with E-state index in [0.717, 1.165) is 5.56 Å². The molecule has 0 spiro atoms. The summed E-state index contributed by atoms with van der Waals surface area (Å²) in [6.07, 6.45) is 0. The highest BCUT2D eigenvalue weighted by Gasteiger charge is 2.32. The van der Waals surface area contributed by atoms with Crippen LogP contribution in [0.3, 0.4) is 0 Å². The van der Waals surface area contributed by atoms with Crippen molar-refractivity contribution in [1.82, 2.24) is 0 Å². The number of nitrogens with two attached hydrogens (primary N) is 1. The highest BCUT2D eigenvalue weighted by molar-refractivity contribution is 6.00. The SMILES string of the molecule is Cc1ccc(N(CC(=O)O)C(=O)[C@H](N)C(C)(C)C)cc1. The van der Waals surface area contributed by atoms with Crippen LogP contribution in [-0.4, -0.2) is 29.6 Å². The summed E-state index contributed by atoms with van der Waals surface area (Å²) in [5.74, 6) is -1.45. The van der Waals surface area contributed by atoms with Crippen molar-refractivity contribution in [2.24, 2.45) is 11.1 Å². The van der Waals surface area contributed by atoms with Gasteiger partial charge >= 0.3 is 5.97 Å². The Morgan fingerprint density at radius 3 is 2.15 bits per heavy atom. The van der Waals surface area contributed by atoms with Crippen LogP contribution < -0.4 is 10.6 Å². The number of nitrogens with zero attached hydrogens (tertiary/aromatic N) is 1. The van der Waals surface area contributed by atoms with Crippen molar-refractivity contribution in [3.8, 4) is 0 Å². The summed E-state index contributed by atoms with van der Waals surface area (Å²) in [4.78, 5) is 24.7. The zero-order valence-electron chi connectivity index (χ0n) is 12.4. The first-order valence-corrected chi connectivity index (χ1v) is 6.48. The monoisotopic (exact) mass is 278 g/mol. The van der Waals surface area contributed by atoms with Gasteiger partial charge in [-0.15, -0.1) is 0 Å². The van der Waals surface area contributed by atoms with Crippen LogP contribution in [0.1, 0.15) is 26.3 Å². The average Bonchev–Trinajstić information content (AvgIpc) is 2.34. The zero-order valence-corrected chi connectivity index (χ0v) is 12.4. The first-order chi connectivity index (χ1) is 9.12. The third-order valence-electron chi connectivity index (χ3n) is 3.10. The van der Waals surface area contributed by atoms with Gasteiger partial charge in [0.25, 0.3) is 0 Å². The van der Waals surface area contributed by atoms with Gasteiger partial charge in [0.2, 0.25) is 5.91 Å². The third-order valence-corrected chi connectivity index (χ3v) is 3.10. The molecule has 0 aliphatic heterocycles. The molecule has 20 heavy (non-hydrogen) atoms. The molecule has 3 N–H and O–H groups in total. The molecule has 0 aliphatic rings. The van der Waals surface area contributed by atoms with E-state index in [4.69, 9.17) is 10.8 Å². The molecular formula is C15H22N2O3. The van der Waals surface area contributed by atoms with E-state index in [0.29, 0.717) is 5.69 Å². The fraction of sp³-hybridized carbons (Fsp3) is 0.467. The highest BCUT2D eigenvalue weighted by Crippen LogP contribution is 2.22. The van der Waals surface area contributed by atoms with Gasteiger partial charge in [0.05, 0.1) is 6.04 Å². The van der Waals surface area contributed by atoms with Crippen LogP contribution in [0.15, 0.2) is 24.3 Å². The van der Waals surface area contributed by atoms with Crippen molar-refractivity contribution in [2.45, 2.75) is 33.7 Å². The van der Waals surface area contributed by atoms with E-state index in [1.165, 1.54) is 4.90 Å². The molecule has 0 saturated heterocycles. The molecule has 110 valence electrons. The number of carboxylic acid groups (broad SMARTS) is 1. The number of carbonyl (C=O) groups is 2. The van der Waals surface area contributed by atoms with Crippen LogP contribution in [0, 0.1) is 12.3 Å². The van der Waals surface area contributed by atoms with Crippen LogP contribution in [0.4, 0.5) is 5.69 Å². The second-order valence-electron chi connectivity index (χ2n) is 6.00. The average molecular weight is 278 g/mol. The summed E-state index contributed by atoms with van der Waals surface area (Å²) in [6.45, 7) is 7.08. The van der Waals surface area contributed by atoms with Gasteiger partial charge in [-0.2, -0.15) is 0 Å². The second kappa shape index (κ2) is 6.05. The van der Waals surface area contributed by atoms with Crippen molar-refractivity contribution in [3.05, 3.63) is 29.8 Å². The summed E-state index contributed by atoms with van der Waals surface area (Å²) in [7, 11) is 0. The molecule has 0 radical (unpaired) electrons. The lowest BCUT2D eigenvalue weighted by atomic mass is 9.86. The van der Waals surface area contributed by atoms with E-state index in [1.807, 2.05) is 39.8 Å². The van der Waals surface area contributed by atoms with Crippen molar-refractivity contribution >= 4 is 17.6 Å². The van der Waals surface area contributed by atoms with Crippen molar-refractivity contribution in [1.29, 1.82) is 0 Å². The largest absolute Gasteiger partial charge is 0.480 e. The maximum atomic E-state index is 12.4. The molecule has 0 bridgehead atoms. The standard InChI is InChI=1S/C15H22N2O3/c1-10-5-7-11(8-6-10)17(9-12(18)19)14(20)13(16)15(2,3)4/h5-8,13H,9,16H2,1-4H3,(H,18,19)/t13-/m0/s1. The molecule has 0 aliphatic carbocycles. The number of rotatable bonds is 4. The number of carboxylic acids is 1. The summed E-state index contributed by atoms with van der Waals surface area (Å²) in [6, 6.07) is 6.36. The molecule has 0 fully saturated rings. The Hall–Kier alpha value is -1.88.